The molecular formula is C13H21Cl2NS. The molecule has 1 heterocycles. The lowest BCUT2D eigenvalue weighted by Crippen LogP contribution is -2.26. The van der Waals surface area contributed by atoms with E-state index in [1.165, 1.54) is 30.6 Å². The summed E-state index contributed by atoms with van der Waals surface area (Å²) in [6, 6.07) is 2.33. The zero-order valence-corrected chi connectivity index (χ0v) is 13.1. The maximum Gasteiger partial charge on any atom is 0.0992 e. The van der Waals surface area contributed by atoms with Gasteiger partial charge in [-0.3, -0.25) is 0 Å². The zero-order valence-electron chi connectivity index (χ0n) is 10.7. The second-order valence-corrected chi connectivity index (χ2v) is 6.72. The molecule has 1 rings (SSSR count). The molecule has 0 fully saturated rings. The van der Waals surface area contributed by atoms with Crippen LogP contribution in [-0.4, -0.2) is 6.54 Å². The molecule has 0 saturated carbocycles. The van der Waals surface area contributed by atoms with Crippen LogP contribution < -0.4 is 5.32 Å². The van der Waals surface area contributed by atoms with Crippen molar-refractivity contribution in [3.05, 3.63) is 20.3 Å². The van der Waals surface area contributed by atoms with Crippen molar-refractivity contribution in [3.63, 3.8) is 0 Å². The Morgan fingerprint density at radius 2 is 2.06 bits per heavy atom. The van der Waals surface area contributed by atoms with Crippen molar-refractivity contribution in [1.29, 1.82) is 0 Å². The highest BCUT2D eigenvalue weighted by atomic mass is 35.5. The average molecular weight is 294 g/mol. The maximum absolute atomic E-state index is 6.25. The molecule has 0 aromatic carbocycles. The highest BCUT2D eigenvalue weighted by Crippen LogP contribution is 2.38. The van der Waals surface area contributed by atoms with Crippen LogP contribution >= 0.6 is 34.5 Å². The third-order valence-corrected chi connectivity index (χ3v) is 4.54. The van der Waals surface area contributed by atoms with E-state index in [1.807, 2.05) is 6.07 Å². The highest BCUT2D eigenvalue weighted by Gasteiger charge is 2.22. The van der Waals surface area contributed by atoms with Gasteiger partial charge in [0.25, 0.3) is 0 Å². The van der Waals surface area contributed by atoms with Crippen molar-refractivity contribution in [2.75, 3.05) is 6.54 Å². The fourth-order valence-electron chi connectivity index (χ4n) is 2.10. The van der Waals surface area contributed by atoms with Gasteiger partial charge in [-0.2, -0.15) is 0 Å². The van der Waals surface area contributed by atoms with Gasteiger partial charge in [-0.25, -0.2) is 0 Å². The minimum absolute atomic E-state index is 0.322. The van der Waals surface area contributed by atoms with Crippen LogP contribution in [0.4, 0.5) is 0 Å². The molecule has 0 spiro atoms. The molecule has 1 aromatic rings. The summed E-state index contributed by atoms with van der Waals surface area (Å²) in [6.07, 6.45) is 3.72. The first kappa shape index (κ1) is 15.3. The molecule has 17 heavy (non-hydrogen) atoms. The first-order valence-electron chi connectivity index (χ1n) is 6.28. The normalized spacial score (nSPS) is 14.9. The summed E-state index contributed by atoms with van der Waals surface area (Å²) in [4.78, 5) is 0. The average Bonchev–Trinajstić information content (AvgIpc) is 2.62. The largest absolute Gasteiger partial charge is 0.310 e. The molecule has 0 radical (unpaired) electrons. The van der Waals surface area contributed by atoms with Gasteiger partial charge in [-0.1, -0.05) is 56.8 Å². The fraction of sp³-hybridized carbons (Fsp3) is 0.692. The van der Waals surface area contributed by atoms with Gasteiger partial charge in [0.1, 0.15) is 0 Å². The summed E-state index contributed by atoms with van der Waals surface area (Å²) in [5.74, 6) is 0.582. The Bertz CT molecular complexity index is 338. The molecule has 1 N–H and O–H groups in total. The molecule has 0 aliphatic carbocycles. The van der Waals surface area contributed by atoms with Crippen LogP contribution in [0, 0.1) is 5.92 Å². The van der Waals surface area contributed by atoms with Gasteiger partial charge in [0.05, 0.1) is 8.67 Å². The molecule has 2 atom stereocenters. The monoisotopic (exact) mass is 293 g/mol. The van der Waals surface area contributed by atoms with E-state index >= 15 is 0 Å². The predicted molar refractivity (Wildman–Crippen MR) is 79.4 cm³/mol. The van der Waals surface area contributed by atoms with Crippen molar-refractivity contribution < 1.29 is 0 Å². The van der Waals surface area contributed by atoms with E-state index in [-0.39, 0.29) is 0 Å². The molecule has 1 aromatic heterocycles. The van der Waals surface area contributed by atoms with E-state index in [1.54, 1.807) is 0 Å². The number of unbranched alkanes of at least 4 members (excludes halogenated alkanes) is 1. The number of thiophene rings is 1. The van der Waals surface area contributed by atoms with E-state index in [4.69, 9.17) is 23.2 Å². The molecule has 0 bridgehead atoms. The minimum atomic E-state index is 0.322. The number of rotatable bonds is 7. The lowest BCUT2D eigenvalue weighted by atomic mass is 9.92. The van der Waals surface area contributed by atoms with Crippen LogP contribution in [0.15, 0.2) is 6.07 Å². The van der Waals surface area contributed by atoms with Crippen molar-refractivity contribution in [2.45, 2.75) is 46.1 Å². The number of hydrogen-bond acceptors (Lipinski definition) is 2. The summed E-state index contributed by atoms with van der Waals surface area (Å²) in [6.45, 7) is 7.58. The van der Waals surface area contributed by atoms with Gasteiger partial charge in [-0.15, -0.1) is 11.3 Å². The maximum atomic E-state index is 6.25. The Morgan fingerprint density at radius 1 is 1.35 bits per heavy atom. The third kappa shape index (κ3) is 4.44. The van der Waals surface area contributed by atoms with Crippen LogP contribution in [0.2, 0.25) is 8.67 Å². The quantitative estimate of drug-likeness (QED) is 0.697. The number of nitrogens with one attached hydrogen (secondary N) is 1. The van der Waals surface area contributed by atoms with Gasteiger partial charge in [0.2, 0.25) is 0 Å². The van der Waals surface area contributed by atoms with Crippen molar-refractivity contribution in [2.24, 2.45) is 5.92 Å². The molecule has 98 valence electrons. The predicted octanol–water partition coefficient (Wildman–Crippen LogP) is 5.53. The Balaban J connectivity index is 2.80. The van der Waals surface area contributed by atoms with Gasteiger partial charge in [0.15, 0.2) is 0 Å². The summed E-state index contributed by atoms with van der Waals surface area (Å²) >= 11 is 13.7. The molecule has 2 unspecified atom stereocenters. The highest BCUT2D eigenvalue weighted by molar-refractivity contribution is 7.20. The molecule has 0 aliphatic heterocycles. The molecule has 0 amide bonds. The van der Waals surface area contributed by atoms with Crippen LogP contribution in [0.3, 0.4) is 0 Å². The topological polar surface area (TPSA) is 12.0 Å². The van der Waals surface area contributed by atoms with Crippen LogP contribution in [0.25, 0.3) is 0 Å². The van der Waals surface area contributed by atoms with Crippen LogP contribution in [0.1, 0.15) is 51.6 Å². The molecule has 4 heteroatoms. The standard InChI is InChI=1S/C13H21Cl2NS/c1-4-6-7-9(3)12(16-5-2)10-8-11(14)17-13(10)15/h8-9,12,16H,4-7H2,1-3H3. The fourth-order valence-corrected chi connectivity index (χ4v) is 3.65. The summed E-state index contributed by atoms with van der Waals surface area (Å²) in [5, 5.41) is 3.53. The van der Waals surface area contributed by atoms with E-state index in [9.17, 15) is 0 Å². The number of hydrogen-bond donors (Lipinski definition) is 1. The van der Waals surface area contributed by atoms with Crippen molar-refractivity contribution >= 4 is 34.5 Å². The van der Waals surface area contributed by atoms with Crippen LogP contribution in [-0.2, 0) is 0 Å². The first-order valence-corrected chi connectivity index (χ1v) is 7.85. The zero-order chi connectivity index (χ0) is 12.8. The van der Waals surface area contributed by atoms with Gasteiger partial charge in [-0.05, 0) is 24.9 Å². The molecule has 1 nitrogen and oxygen atoms in total. The van der Waals surface area contributed by atoms with Crippen LogP contribution in [0.5, 0.6) is 0 Å². The Kier molecular flexibility index (Phi) is 6.86. The van der Waals surface area contributed by atoms with E-state index in [2.05, 4.69) is 26.1 Å². The second-order valence-electron chi connectivity index (χ2n) is 4.43. The van der Waals surface area contributed by atoms with Gasteiger partial charge >= 0.3 is 0 Å². The van der Waals surface area contributed by atoms with E-state index in [0.29, 0.717) is 12.0 Å². The van der Waals surface area contributed by atoms with E-state index < -0.39 is 0 Å². The Morgan fingerprint density at radius 3 is 2.53 bits per heavy atom. The third-order valence-electron chi connectivity index (χ3n) is 3.02. The lowest BCUT2D eigenvalue weighted by molar-refractivity contribution is 0.364. The van der Waals surface area contributed by atoms with Gasteiger partial charge < -0.3 is 5.32 Å². The van der Waals surface area contributed by atoms with Crippen molar-refractivity contribution in [1.82, 2.24) is 5.32 Å². The molecule has 0 aliphatic rings. The first-order chi connectivity index (χ1) is 8.10. The Labute approximate surface area is 119 Å². The lowest BCUT2D eigenvalue weighted by Gasteiger charge is -2.24. The van der Waals surface area contributed by atoms with Gasteiger partial charge in [0, 0.05) is 11.6 Å². The SMILES string of the molecule is CCCCC(C)C(NCC)c1cc(Cl)sc1Cl. The summed E-state index contributed by atoms with van der Waals surface area (Å²) in [7, 11) is 0. The molecule has 0 saturated heterocycles. The summed E-state index contributed by atoms with van der Waals surface area (Å²) < 4.78 is 1.60. The van der Waals surface area contributed by atoms with E-state index in [0.717, 1.165) is 20.8 Å². The molecular weight excluding hydrogens is 273 g/mol. The summed E-state index contributed by atoms with van der Waals surface area (Å²) in [5.41, 5.74) is 1.16. The number of halogens is 2. The second kappa shape index (κ2) is 7.63. The minimum Gasteiger partial charge on any atom is -0.310 e. The van der Waals surface area contributed by atoms with Crippen molar-refractivity contribution in [3.8, 4) is 0 Å². The smallest absolute Gasteiger partial charge is 0.0992 e. The Hall–Kier alpha value is 0.240.